The molecule has 1 rings (SSSR count). The Labute approximate surface area is 97.0 Å². The lowest BCUT2D eigenvalue weighted by atomic mass is 9.99. The van der Waals surface area contributed by atoms with Gasteiger partial charge in [-0.15, -0.1) is 0 Å². The number of pyridine rings is 1. The number of rotatable bonds is 4. The predicted octanol–water partition coefficient (Wildman–Crippen LogP) is 1.99. The number of hydrogen-bond acceptors (Lipinski definition) is 3. The van der Waals surface area contributed by atoms with E-state index in [9.17, 15) is 0 Å². The standard InChI is InChI=1S/C12H20N4/c1-5-12(2,3)16(4)9-7-6-8-15-10(9)11(13)14/h6-8H,5H2,1-4H3,(H3,13,14). The van der Waals surface area contributed by atoms with Crippen LogP contribution in [0, 0.1) is 5.41 Å². The molecule has 0 aromatic carbocycles. The van der Waals surface area contributed by atoms with E-state index in [0.717, 1.165) is 12.1 Å². The molecule has 0 atom stereocenters. The average molecular weight is 220 g/mol. The molecular formula is C12H20N4. The number of nitrogen functional groups attached to an aromatic ring is 1. The first-order chi connectivity index (χ1) is 7.40. The van der Waals surface area contributed by atoms with Crippen LogP contribution >= 0.6 is 0 Å². The topological polar surface area (TPSA) is 66.0 Å². The Hall–Kier alpha value is -1.58. The SMILES string of the molecule is CCC(C)(C)N(C)c1cccnc1C(=N)N. The molecule has 4 heteroatoms. The molecule has 0 amide bonds. The van der Waals surface area contributed by atoms with Crippen molar-refractivity contribution < 1.29 is 0 Å². The summed E-state index contributed by atoms with van der Waals surface area (Å²) >= 11 is 0. The molecule has 3 N–H and O–H groups in total. The molecule has 0 fully saturated rings. The Morgan fingerprint density at radius 1 is 1.56 bits per heavy atom. The van der Waals surface area contributed by atoms with Crippen molar-refractivity contribution in [2.75, 3.05) is 11.9 Å². The third kappa shape index (κ3) is 2.32. The van der Waals surface area contributed by atoms with Gasteiger partial charge in [0.2, 0.25) is 0 Å². The first-order valence-corrected chi connectivity index (χ1v) is 5.43. The molecule has 1 heterocycles. The maximum Gasteiger partial charge on any atom is 0.143 e. The van der Waals surface area contributed by atoms with E-state index in [1.807, 2.05) is 19.2 Å². The Bertz CT molecular complexity index is 384. The smallest absolute Gasteiger partial charge is 0.143 e. The molecule has 16 heavy (non-hydrogen) atoms. The molecule has 0 saturated heterocycles. The molecule has 0 radical (unpaired) electrons. The summed E-state index contributed by atoms with van der Waals surface area (Å²) in [6.45, 7) is 6.45. The van der Waals surface area contributed by atoms with Gasteiger partial charge in [-0.2, -0.15) is 0 Å². The van der Waals surface area contributed by atoms with E-state index in [1.165, 1.54) is 0 Å². The van der Waals surface area contributed by atoms with Crippen LogP contribution in [0.25, 0.3) is 0 Å². The van der Waals surface area contributed by atoms with Crippen LogP contribution in [0.4, 0.5) is 5.69 Å². The molecule has 0 spiro atoms. The Balaban J connectivity index is 3.18. The molecule has 4 nitrogen and oxygen atoms in total. The maximum absolute atomic E-state index is 7.52. The molecule has 0 saturated carbocycles. The van der Waals surface area contributed by atoms with Crippen molar-refractivity contribution >= 4 is 11.5 Å². The predicted molar refractivity (Wildman–Crippen MR) is 68.0 cm³/mol. The highest BCUT2D eigenvalue weighted by molar-refractivity contribution is 5.98. The lowest BCUT2D eigenvalue weighted by Crippen LogP contribution is -2.41. The van der Waals surface area contributed by atoms with Crippen molar-refractivity contribution in [1.82, 2.24) is 4.98 Å². The number of nitrogens with one attached hydrogen (secondary N) is 1. The zero-order chi connectivity index (χ0) is 12.3. The van der Waals surface area contributed by atoms with Crippen LogP contribution in [0.1, 0.15) is 32.9 Å². The second-order valence-corrected chi connectivity index (χ2v) is 4.51. The van der Waals surface area contributed by atoms with Crippen molar-refractivity contribution in [3.63, 3.8) is 0 Å². The van der Waals surface area contributed by atoms with Gasteiger partial charge in [0, 0.05) is 18.8 Å². The molecular weight excluding hydrogens is 200 g/mol. The van der Waals surface area contributed by atoms with Gasteiger partial charge in [-0.3, -0.25) is 10.4 Å². The van der Waals surface area contributed by atoms with E-state index < -0.39 is 0 Å². The van der Waals surface area contributed by atoms with Crippen molar-refractivity contribution in [2.24, 2.45) is 5.73 Å². The van der Waals surface area contributed by atoms with E-state index in [0.29, 0.717) is 5.69 Å². The zero-order valence-corrected chi connectivity index (χ0v) is 10.4. The fourth-order valence-corrected chi connectivity index (χ4v) is 1.44. The van der Waals surface area contributed by atoms with E-state index in [1.54, 1.807) is 6.20 Å². The molecule has 88 valence electrons. The lowest BCUT2D eigenvalue weighted by Gasteiger charge is -2.37. The summed E-state index contributed by atoms with van der Waals surface area (Å²) in [5.74, 6) is 0.00866. The van der Waals surface area contributed by atoms with Crippen molar-refractivity contribution in [1.29, 1.82) is 5.41 Å². The summed E-state index contributed by atoms with van der Waals surface area (Å²) < 4.78 is 0. The summed E-state index contributed by atoms with van der Waals surface area (Å²) in [5, 5.41) is 7.52. The summed E-state index contributed by atoms with van der Waals surface area (Å²) in [5.41, 5.74) is 7.00. The van der Waals surface area contributed by atoms with Crippen LogP contribution in [-0.4, -0.2) is 23.4 Å². The van der Waals surface area contributed by atoms with Crippen LogP contribution in [0.2, 0.25) is 0 Å². The fourth-order valence-electron chi connectivity index (χ4n) is 1.44. The van der Waals surface area contributed by atoms with Gasteiger partial charge in [-0.05, 0) is 32.4 Å². The minimum absolute atomic E-state index is 0.00866. The summed E-state index contributed by atoms with van der Waals surface area (Å²) in [6, 6.07) is 3.81. The minimum atomic E-state index is 0.00866. The maximum atomic E-state index is 7.52. The van der Waals surface area contributed by atoms with Gasteiger partial charge >= 0.3 is 0 Å². The quantitative estimate of drug-likeness (QED) is 0.602. The Morgan fingerprint density at radius 3 is 2.69 bits per heavy atom. The molecule has 0 aliphatic heterocycles. The van der Waals surface area contributed by atoms with Crippen LogP contribution in [-0.2, 0) is 0 Å². The van der Waals surface area contributed by atoms with Crippen molar-refractivity contribution in [3.05, 3.63) is 24.0 Å². The van der Waals surface area contributed by atoms with Crippen LogP contribution in [0.15, 0.2) is 18.3 Å². The molecule has 0 unspecified atom stereocenters. The summed E-state index contributed by atoms with van der Waals surface area (Å²) in [7, 11) is 2.01. The Kier molecular flexibility index (Phi) is 3.52. The minimum Gasteiger partial charge on any atom is -0.382 e. The molecule has 1 aromatic rings. The normalized spacial score (nSPS) is 11.2. The number of anilines is 1. The van der Waals surface area contributed by atoms with Gasteiger partial charge < -0.3 is 10.6 Å². The number of nitrogens with zero attached hydrogens (tertiary/aromatic N) is 2. The highest BCUT2D eigenvalue weighted by Crippen LogP contribution is 2.26. The van der Waals surface area contributed by atoms with Gasteiger partial charge in [0.1, 0.15) is 11.5 Å². The molecule has 0 bridgehead atoms. The summed E-state index contributed by atoms with van der Waals surface area (Å²) in [6.07, 6.45) is 2.67. The highest BCUT2D eigenvalue weighted by atomic mass is 15.2. The van der Waals surface area contributed by atoms with Gasteiger partial charge in [0.15, 0.2) is 0 Å². The van der Waals surface area contributed by atoms with Crippen LogP contribution in [0.3, 0.4) is 0 Å². The van der Waals surface area contributed by atoms with E-state index >= 15 is 0 Å². The molecule has 0 aliphatic carbocycles. The van der Waals surface area contributed by atoms with Crippen LogP contribution < -0.4 is 10.6 Å². The van der Waals surface area contributed by atoms with E-state index in [2.05, 4.69) is 30.7 Å². The monoisotopic (exact) mass is 220 g/mol. The van der Waals surface area contributed by atoms with Gasteiger partial charge in [0.25, 0.3) is 0 Å². The lowest BCUT2D eigenvalue weighted by molar-refractivity contribution is 0.470. The van der Waals surface area contributed by atoms with Gasteiger partial charge in [0.05, 0.1) is 5.69 Å². The van der Waals surface area contributed by atoms with E-state index in [4.69, 9.17) is 11.1 Å². The fraction of sp³-hybridized carbons (Fsp3) is 0.500. The number of aromatic nitrogens is 1. The van der Waals surface area contributed by atoms with Crippen molar-refractivity contribution in [2.45, 2.75) is 32.7 Å². The van der Waals surface area contributed by atoms with Crippen molar-refractivity contribution in [3.8, 4) is 0 Å². The first kappa shape index (κ1) is 12.5. The van der Waals surface area contributed by atoms with Gasteiger partial charge in [-0.25, -0.2) is 0 Å². The zero-order valence-electron chi connectivity index (χ0n) is 10.4. The second-order valence-electron chi connectivity index (χ2n) is 4.51. The Morgan fingerprint density at radius 2 is 2.19 bits per heavy atom. The third-order valence-corrected chi connectivity index (χ3v) is 3.18. The highest BCUT2D eigenvalue weighted by Gasteiger charge is 2.24. The number of amidine groups is 1. The average Bonchev–Trinajstić information content (AvgIpc) is 2.28. The molecule has 1 aromatic heterocycles. The van der Waals surface area contributed by atoms with Crippen LogP contribution in [0.5, 0.6) is 0 Å². The number of hydrogen-bond donors (Lipinski definition) is 2. The van der Waals surface area contributed by atoms with E-state index in [-0.39, 0.29) is 11.4 Å². The third-order valence-electron chi connectivity index (χ3n) is 3.18. The number of nitrogens with two attached hydrogens (primary N) is 1. The second kappa shape index (κ2) is 4.51. The largest absolute Gasteiger partial charge is 0.382 e. The molecule has 0 aliphatic rings. The first-order valence-electron chi connectivity index (χ1n) is 5.43. The van der Waals surface area contributed by atoms with Gasteiger partial charge in [-0.1, -0.05) is 6.92 Å². The summed E-state index contributed by atoms with van der Waals surface area (Å²) in [4.78, 5) is 6.28.